The Hall–Kier alpha value is 0.650. The quantitative estimate of drug-likeness (QED) is 0.428. The van der Waals surface area contributed by atoms with Crippen LogP contribution < -0.4 is 5.73 Å². The summed E-state index contributed by atoms with van der Waals surface area (Å²) in [4.78, 5) is 0. The molecule has 0 unspecified atom stereocenters. The van der Waals surface area contributed by atoms with Gasteiger partial charge in [0.15, 0.2) is 0 Å². The minimum atomic E-state index is -0.183. The maximum absolute atomic E-state index is 9.19. The first-order chi connectivity index (χ1) is 5.68. The molecule has 3 heteroatoms. The average molecular weight is 285 g/mol. The van der Waals surface area contributed by atoms with E-state index in [1.165, 1.54) is 19.3 Å². The number of hydrogen-bond acceptors (Lipinski definition) is 2. The van der Waals surface area contributed by atoms with Crippen LogP contribution in [-0.4, -0.2) is 15.8 Å². The van der Waals surface area contributed by atoms with Crippen molar-refractivity contribution in [3.8, 4) is 0 Å². The van der Waals surface area contributed by atoms with E-state index < -0.39 is 0 Å². The van der Waals surface area contributed by atoms with Gasteiger partial charge in [-0.1, -0.05) is 48.8 Å². The molecule has 12 heavy (non-hydrogen) atoms. The van der Waals surface area contributed by atoms with Crippen LogP contribution in [0.15, 0.2) is 0 Å². The van der Waals surface area contributed by atoms with Crippen molar-refractivity contribution >= 4 is 22.6 Å². The van der Waals surface area contributed by atoms with Crippen LogP contribution in [0.1, 0.15) is 39.0 Å². The van der Waals surface area contributed by atoms with Crippen LogP contribution in [0, 0.1) is 5.92 Å². The lowest BCUT2D eigenvalue weighted by atomic mass is 10.0. The molecular weight excluding hydrogens is 265 g/mol. The second kappa shape index (κ2) is 8.26. The predicted molar refractivity (Wildman–Crippen MR) is 61.3 cm³/mol. The Morgan fingerprint density at radius 1 is 1.25 bits per heavy atom. The van der Waals surface area contributed by atoms with Gasteiger partial charge in [0, 0.05) is 0 Å². The molecule has 74 valence electrons. The van der Waals surface area contributed by atoms with Crippen molar-refractivity contribution in [2.24, 2.45) is 11.7 Å². The van der Waals surface area contributed by atoms with Crippen molar-refractivity contribution in [3.63, 3.8) is 0 Å². The summed E-state index contributed by atoms with van der Waals surface area (Å²) in [5.41, 5.74) is 5.38. The number of aliphatic hydroxyl groups excluding tert-OH is 1. The van der Waals surface area contributed by atoms with Crippen LogP contribution in [-0.2, 0) is 0 Å². The number of nitrogens with two attached hydrogens (primary N) is 1. The van der Waals surface area contributed by atoms with E-state index in [0.29, 0.717) is 5.92 Å². The Morgan fingerprint density at radius 2 is 1.83 bits per heavy atom. The fraction of sp³-hybridized carbons (Fsp3) is 1.00. The molecule has 0 saturated heterocycles. The van der Waals surface area contributed by atoms with Crippen LogP contribution in [0.25, 0.3) is 0 Å². The summed E-state index contributed by atoms with van der Waals surface area (Å²) in [7, 11) is 0. The lowest BCUT2D eigenvalue weighted by Crippen LogP contribution is -2.09. The van der Waals surface area contributed by atoms with Crippen LogP contribution in [0.5, 0.6) is 0 Å². The van der Waals surface area contributed by atoms with E-state index in [-0.39, 0.29) is 4.11 Å². The Kier molecular flexibility index (Phi) is 8.70. The van der Waals surface area contributed by atoms with Gasteiger partial charge in [0.25, 0.3) is 0 Å². The Labute approximate surface area is 89.1 Å². The van der Waals surface area contributed by atoms with Crippen molar-refractivity contribution in [2.45, 2.75) is 43.1 Å². The summed E-state index contributed by atoms with van der Waals surface area (Å²) in [5.74, 6) is 0.434. The molecule has 0 aliphatic rings. The third-order valence-electron chi connectivity index (χ3n) is 2.08. The lowest BCUT2D eigenvalue weighted by molar-refractivity contribution is 0.208. The van der Waals surface area contributed by atoms with Gasteiger partial charge in [-0.15, -0.1) is 0 Å². The largest absolute Gasteiger partial charge is 0.382 e. The highest BCUT2D eigenvalue weighted by Gasteiger charge is 2.08. The Bertz CT molecular complexity index is 98.5. The van der Waals surface area contributed by atoms with Crippen LogP contribution in [0.4, 0.5) is 0 Å². The van der Waals surface area contributed by atoms with Crippen molar-refractivity contribution in [1.82, 2.24) is 0 Å². The van der Waals surface area contributed by atoms with Gasteiger partial charge < -0.3 is 10.8 Å². The van der Waals surface area contributed by atoms with E-state index in [2.05, 4.69) is 29.5 Å². The van der Waals surface area contributed by atoms with Gasteiger partial charge in [0.2, 0.25) is 0 Å². The molecule has 0 aromatic rings. The molecule has 0 aromatic heterocycles. The fourth-order valence-electron chi connectivity index (χ4n) is 1.10. The zero-order chi connectivity index (χ0) is 9.40. The van der Waals surface area contributed by atoms with Crippen LogP contribution in [0.2, 0.25) is 0 Å². The van der Waals surface area contributed by atoms with Crippen molar-refractivity contribution in [2.75, 3.05) is 6.54 Å². The normalized spacial score (nSPS) is 16.0. The first-order valence-electron chi connectivity index (χ1n) is 4.70. The highest BCUT2D eigenvalue weighted by Crippen LogP contribution is 2.17. The molecule has 0 aliphatic heterocycles. The van der Waals surface area contributed by atoms with Gasteiger partial charge >= 0.3 is 0 Å². The Morgan fingerprint density at radius 3 is 2.33 bits per heavy atom. The van der Waals surface area contributed by atoms with Gasteiger partial charge in [-0.3, -0.25) is 0 Å². The van der Waals surface area contributed by atoms with Gasteiger partial charge in [-0.05, 0) is 25.3 Å². The molecule has 0 spiro atoms. The van der Waals surface area contributed by atoms with E-state index >= 15 is 0 Å². The van der Waals surface area contributed by atoms with E-state index in [0.717, 1.165) is 19.4 Å². The maximum atomic E-state index is 9.19. The molecular formula is C9H20INO. The molecule has 0 radical (unpaired) electrons. The molecule has 0 rings (SSSR count). The molecule has 0 amide bonds. The molecule has 0 heterocycles. The second-order valence-electron chi connectivity index (χ2n) is 3.34. The third kappa shape index (κ3) is 7.31. The monoisotopic (exact) mass is 285 g/mol. The number of alkyl halides is 1. The number of aliphatic hydroxyl groups is 1. The summed E-state index contributed by atoms with van der Waals surface area (Å²) in [6, 6.07) is 0. The second-order valence-corrected chi connectivity index (χ2v) is 4.62. The van der Waals surface area contributed by atoms with Crippen molar-refractivity contribution in [1.29, 1.82) is 0 Å². The summed E-state index contributed by atoms with van der Waals surface area (Å²) in [6.07, 6.45) is 5.99. The molecule has 0 bridgehead atoms. The summed E-state index contributed by atoms with van der Waals surface area (Å²) < 4.78 is -0.183. The predicted octanol–water partition coefficient (Wildman–Crippen LogP) is 2.29. The number of hydrogen-bond donors (Lipinski definition) is 2. The average Bonchev–Trinajstić information content (AvgIpc) is 2.03. The molecule has 0 aromatic carbocycles. The fourth-order valence-corrected chi connectivity index (χ4v) is 1.46. The maximum Gasteiger partial charge on any atom is 0.107 e. The summed E-state index contributed by atoms with van der Waals surface area (Å²) >= 11 is 2.07. The van der Waals surface area contributed by atoms with E-state index in [1.807, 2.05) is 0 Å². The number of halogens is 1. The Balaban J connectivity index is 3.08. The van der Waals surface area contributed by atoms with Crippen LogP contribution in [0.3, 0.4) is 0 Å². The first-order valence-corrected chi connectivity index (χ1v) is 5.95. The number of rotatable bonds is 7. The first kappa shape index (κ1) is 12.7. The minimum absolute atomic E-state index is 0.183. The van der Waals surface area contributed by atoms with Gasteiger partial charge in [-0.2, -0.15) is 0 Å². The van der Waals surface area contributed by atoms with Gasteiger partial charge in [-0.25, -0.2) is 0 Å². The zero-order valence-corrected chi connectivity index (χ0v) is 9.96. The standard InChI is InChI=1S/C9H20INO/c1-8(9(10)12)6-4-2-3-5-7-11/h8-9,12H,2-7,11H2,1H3/t8-,9-/m1/s1. The summed E-state index contributed by atoms with van der Waals surface area (Å²) in [5, 5.41) is 9.19. The summed E-state index contributed by atoms with van der Waals surface area (Å²) in [6.45, 7) is 2.91. The molecule has 2 nitrogen and oxygen atoms in total. The van der Waals surface area contributed by atoms with Crippen molar-refractivity contribution in [3.05, 3.63) is 0 Å². The topological polar surface area (TPSA) is 46.2 Å². The number of unbranched alkanes of at least 4 members (excludes halogenated alkanes) is 3. The highest BCUT2D eigenvalue weighted by atomic mass is 127. The zero-order valence-electron chi connectivity index (χ0n) is 7.80. The molecule has 3 N–H and O–H groups in total. The van der Waals surface area contributed by atoms with E-state index in [9.17, 15) is 5.11 Å². The lowest BCUT2D eigenvalue weighted by Gasteiger charge is -2.12. The van der Waals surface area contributed by atoms with Crippen molar-refractivity contribution < 1.29 is 5.11 Å². The molecule has 2 atom stereocenters. The molecule has 0 aliphatic carbocycles. The highest BCUT2D eigenvalue weighted by molar-refractivity contribution is 14.1. The molecule has 0 saturated carbocycles. The third-order valence-corrected chi connectivity index (χ3v) is 3.31. The van der Waals surface area contributed by atoms with Crippen LogP contribution >= 0.6 is 22.6 Å². The van der Waals surface area contributed by atoms with Gasteiger partial charge in [0.05, 0.1) is 0 Å². The smallest absolute Gasteiger partial charge is 0.107 e. The van der Waals surface area contributed by atoms with Gasteiger partial charge in [0.1, 0.15) is 4.11 Å². The van der Waals surface area contributed by atoms with E-state index in [4.69, 9.17) is 5.73 Å². The SMILES string of the molecule is C[C@H](CCCCCCN)[C@@H](O)I. The minimum Gasteiger partial charge on any atom is -0.382 e. The molecule has 0 fully saturated rings. The van der Waals surface area contributed by atoms with E-state index in [1.54, 1.807) is 0 Å².